The molecule has 2 aromatic carbocycles. The second kappa shape index (κ2) is 13.6. The summed E-state index contributed by atoms with van der Waals surface area (Å²) in [6, 6.07) is 8.63. The number of amides is 2. The summed E-state index contributed by atoms with van der Waals surface area (Å²) < 4.78 is 71.4. The quantitative estimate of drug-likeness (QED) is 0.149. The Hall–Kier alpha value is -4.76. The molecule has 0 aliphatic heterocycles. The van der Waals surface area contributed by atoms with Crippen LogP contribution in [0.5, 0.6) is 11.5 Å². The number of hydrogen-bond acceptors (Lipinski definition) is 8. The lowest BCUT2D eigenvalue weighted by atomic mass is 9.93. The van der Waals surface area contributed by atoms with Crippen molar-refractivity contribution >= 4 is 22.7 Å². The molecule has 0 radical (unpaired) electrons. The lowest BCUT2D eigenvalue weighted by Crippen LogP contribution is -2.51. The van der Waals surface area contributed by atoms with Crippen LogP contribution in [-0.4, -0.2) is 75.4 Å². The highest BCUT2D eigenvalue weighted by atomic mass is 19.4. The molecular formula is C34H37F4N5O6. The van der Waals surface area contributed by atoms with Gasteiger partial charge in [0.05, 0.1) is 44.0 Å². The van der Waals surface area contributed by atoms with E-state index in [0.717, 1.165) is 31.0 Å². The van der Waals surface area contributed by atoms with Crippen LogP contribution >= 0.6 is 0 Å². The Morgan fingerprint density at radius 1 is 1.04 bits per heavy atom. The number of hydrogen-bond donors (Lipinski definition) is 4. The Morgan fingerprint density at radius 3 is 2.33 bits per heavy atom. The third-order valence-electron chi connectivity index (χ3n) is 7.92. The van der Waals surface area contributed by atoms with Gasteiger partial charge >= 0.3 is 6.18 Å². The molecule has 1 atom stereocenters. The molecular weight excluding hydrogens is 650 g/mol. The van der Waals surface area contributed by atoms with Crippen LogP contribution in [0.15, 0.2) is 48.7 Å². The van der Waals surface area contributed by atoms with Crippen molar-refractivity contribution in [2.45, 2.75) is 63.5 Å². The average molecular weight is 688 g/mol. The summed E-state index contributed by atoms with van der Waals surface area (Å²) in [5, 5.41) is 31.2. The smallest absolute Gasteiger partial charge is 0.424 e. The molecule has 49 heavy (non-hydrogen) atoms. The van der Waals surface area contributed by atoms with Crippen LogP contribution < -0.4 is 20.1 Å². The second-order valence-corrected chi connectivity index (χ2v) is 12.5. The predicted octanol–water partition coefficient (Wildman–Crippen LogP) is 4.59. The number of carbonyl (C=O) groups excluding carboxylic acids is 2. The van der Waals surface area contributed by atoms with Gasteiger partial charge in [0.25, 0.3) is 5.91 Å². The van der Waals surface area contributed by atoms with E-state index in [0.29, 0.717) is 10.9 Å². The SMILES string of the molecule is CCOc1c(CC(=O)NCC(C)(C)O)cc([C@@](O)(CNC(=O)c2cc(OC)c3nn(C4CC4)cc3c2)C(F)(F)F)nc1-c1ccc(F)cc1. The first kappa shape index (κ1) is 35.5. The Morgan fingerprint density at radius 2 is 1.73 bits per heavy atom. The number of ether oxygens (including phenoxy) is 2. The fraction of sp³-hybridized carbons (Fsp3) is 0.412. The highest BCUT2D eigenvalue weighted by Gasteiger charge is 2.57. The van der Waals surface area contributed by atoms with Crippen LogP contribution in [-0.2, 0) is 16.8 Å². The van der Waals surface area contributed by atoms with E-state index in [2.05, 4.69) is 20.7 Å². The van der Waals surface area contributed by atoms with E-state index in [-0.39, 0.29) is 53.1 Å². The van der Waals surface area contributed by atoms with E-state index in [9.17, 15) is 37.4 Å². The van der Waals surface area contributed by atoms with Crippen LogP contribution in [0.1, 0.15) is 61.3 Å². The third-order valence-corrected chi connectivity index (χ3v) is 7.92. The second-order valence-electron chi connectivity index (χ2n) is 12.5. The van der Waals surface area contributed by atoms with Gasteiger partial charge in [-0.1, -0.05) is 0 Å². The summed E-state index contributed by atoms with van der Waals surface area (Å²) in [7, 11) is 1.38. The number of halogens is 4. The molecule has 15 heteroatoms. The largest absolute Gasteiger partial charge is 0.494 e. The van der Waals surface area contributed by atoms with Gasteiger partial charge in [-0.3, -0.25) is 14.3 Å². The van der Waals surface area contributed by atoms with Crippen molar-refractivity contribution in [1.82, 2.24) is 25.4 Å². The summed E-state index contributed by atoms with van der Waals surface area (Å²) in [6.45, 7) is 3.05. The van der Waals surface area contributed by atoms with Crippen LogP contribution in [0, 0.1) is 5.82 Å². The number of aliphatic hydroxyl groups is 2. The standard InChI is InChI=1S/C34H37F4N5O6/c1-5-49-30-20(15-27(44)39-17-32(2,3)46)14-26(41-29(30)19-6-8-23(35)9-7-19)33(47,34(36,37)38)18-40-31(45)21-12-22-16-43(24-10-11-24)42-28(22)25(13-21)48-4/h6-9,12-14,16,24,46-47H,5,10-11,15,17-18H2,1-4H3,(H,39,44)(H,40,45)/t33-/m0/s1. The Balaban J connectivity index is 1.54. The molecule has 2 aromatic heterocycles. The van der Waals surface area contributed by atoms with Gasteiger partial charge in [-0.05, 0) is 76.1 Å². The topological polar surface area (TPSA) is 148 Å². The summed E-state index contributed by atoms with van der Waals surface area (Å²) in [5.41, 5.74) is -5.63. The maximum absolute atomic E-state index is 14.9. The van der Waals surface area contributed by atoms with Gasteiger partial charge in [0, 0.05) is 34.8 Å². The first-order chi connectivity index (χ1) is 23.0. The van der Waals surface area contributed by atoms with Crippen molar-refractivity contribution in [3.8, 4) is 22.8 Å². The fourth-order valence-electron chi connectivity index (χ4n) is 5.17. The minimum absolute atomic E-state index is 0.0277. The maximum Gasteiger partial charge on any atom is 0.424 e. The van der Waals surface area contributed by atoms with Crippen molar-refractivity contribution in [2.75, 3.05) is 26.8 Å². The first-order valence-corrected chi connectivity index (χ1v) is 15.6. The number of nitrogens with one attached hydrogen (secondary N) is 2. The summed E-state index contributed by atoms with van der Waals surface area (Å²) >= 11 is 0. The van der Waals surface area contributed by atoms with E-state index in [1.54, 1.807) is 17.8 Å². The van der Waals surface area contributed by atoms with Gasteiger partial charge in [0.2, 0.25) is 11.5 Å². The zero-order valence-corrected chi connectivity index (χ0v) is 27.3. The molecule has 1 aliphatic rings. The van der Waals surface area contributed by atoms with Gasteiger partial charge < -0.3 is 30.3 Å². The maximum atomic E-state index is 14.9. The van der Waals surface area contributed by atoms with Crippen LogP contribution in [0.3, 0.4) is 0 Å². The van der Waals surface area contributed by atoms with E-state index in [1.807, 2.05) is 0 Å². The monoisotopic (exact) mass is 687 g/mol. The molecule has 2 amide bonds. The lowest BCUT2D eigenvalue weighted by Gasteiger charge is -2.31. The molecule has 1 aliphatic carbocycles. The van der Waals surface area contributed by atoms with Crippen LogP contribution in [0.4, 0.5) is 17.6 Å². The number of alkyl halides is 3. The molecule has 4 aromatic rings. The molecule has 1 fully saturated rings. The first-order valence-electron chi connectivity index (χ1n) is 15.6. The zero-order chi connectivity index (χ0) is 35.7. The number of pyridine rings is 1. The van der Waals surface area contributed by atoms with Crippen molar-refractivity contribution < 1.29 is 46.8 Å². The van der Waals surface area contributed by atoms with Gasteiger partial charge in [0.1, 0.15) is 28.5 Å². The van der Waals surface area contributed by atoms with Gasteiger partial charge in [-0.15, -0.1) is 0 Å². The summed E-state index contributed by atoms with van der Waals surface area (Å²) in [4.78, 5) is 30.4. The molecule has 5 rings (SSSR count). The molecule has 262 valence electrons. The molecule has 11 nitrogen and oxygen atoms in total. The zero-order valence-electron chi connectivity index (χ0n) is 27.3. The molecule has 1 saturated carbocycles. The van der Waals surface area contributed by atoms with Crippen molar-refractivity contribution in [2.24, 2.45) is 0 Å². The predicted molar refractivity (Wildman–Crippen MR) is 171 cm³/mol. The van der Waals surface area contributed by atoms with Gasteiger partial charge in [-0.2, -0.15) is 18.3 Å². The fourth-order valence-corrected chi connectivity index (χ4v) is 5.17. The number of nitrogens with zero attached hydrogens (tertiary/aromatic N) is 3. The van der Waals surface area contributed by atoms with E-state index in [1.165, 1.54) is 45.2 Å². The molecule has 4 N–H and O–H groups in total. The molecule has 0 saturated heterocycles. The number of methoxy groups -OCH3 is 1. The summed E-state index contributed by atoms with van der Waals surface area (Å²) in [5.74, 6) is -2.02. The third kappa shape index (κ3) is 7.94. The van der Waals surface area contributed by atoms with E-state index < -0.39 is 53.7 Å². The average Bonchev–Trinajstić information content (AvgIpc) is 3.80. The van der Waals surface area contributed by atoms with Crippen molar-refractivity contribution in [1.29, 1.82) is 0 Å². The highest BCUT2D eigenvalue weighted by molar-refractivity contribution is 6.00. The minimum atomic E-state index is -5.38. The number of aromatic nitrogens is 3. The Bertz CT molecular complexity index is 1850. The van der Waals surface area contributed by atoms with Gasteiger partial charge in [-0.25, -0.2) is 9.37 Å². The van der Waals surface area contributed by atoms with Gasteiger partial charge in [0.15, 0.2) is 0 Å². The normalized spacial score (nSPS) is 14.7. The van der Waals surface area contributed by atoms with Crippen LogP contribution in [0.2, 0.25) is 0 Å². The molecule has 2 heterocycles. The Kier molecular flexibility index (Phi) is 9.89. The van der Waals surface area contributed by atoms with E-state index in [4.69, 9.17) is 9.47 Å². The minimum Gasteiger partial charge on any atom is -0.494 e. The Labute approximate surface area is 279 Å². The highest BCUT2D eigenvalue weighted by Crippen LogP contribution is 2.42. The van der Waals surface area contributed by atoms with Crippen molar-refractivity contribution in [3.05, 3.63) is 71.3 Å². The van der Waals surface area contributed by atoms with Crippen LogP contribution in [0.25, 0.3) is 22.2 Å². The molecule has 0 bridgehead atoms. The number of fused-ring (bicyclic) bond motifs is 1. The lowest BCUT2D eigenvalue weighted by molar-refractivity contribution is -0.265. The number of carbonyl (C=O) groups is 2. The molecule has 0 spiro atoms. The number of benzene rings is 2. The van der Waals surface area contributed by atoms with E-state index >= 15 is 0 Å². The molecule has 0 unspecified atom stereocenters. The van der Waals surface area contributed by atoms with Crippen molar-refractivity contribution in [3.63, 3.8) is 0 Å². The number of rotatable bonds is 13. The summed E-state index contributed by atoms with van der Waals surface area (Å²) in [6.07, 6.45) is -2.26.